The van der Waals surface area contributed by atoms with E-state index in [2.05, 4.69) is 16.0 Å². The fraction of sp³-hybridized carbons (Fsp3) is 0.568. The first kappa shape index (κ1) is 41.7. The Balaban J connectivity index is 1.26. The highest BCUT2D eigenvalue weighted by molar-refractivity contribution is 5.99. The van der Waals surface area contributed by atoms with Gasteiger partial charge in [0.2, 0.25) is 41.4 Å². The topological polar surface area (TPSA) is 189 Å². The van der Waals surface area contributed by atoms with Gasteiger partial charge in [0.15, 0.2) is 0 Å². The van der Waals surface area contributed by atoms with Crippen LogP contribution in [0.5, 0.6) is 5.75 Å². The summed E-state index contributed by atoms with van der Waals surface area (Å²) < 4.78 is 0. The van der Waals surface area contributed by atoms with Gasteiger partial charge in [0.25, 0.3) is 0 Å². The Morgan fingerprint density at radius 1 is 0.542 bits per heavy atom. The Bertz CT molecular complexity index is 1910. The third-order valence-electron chi connectivity index (χ3n) is 13.0. The third kappa shape index (κ3) is 8.93. The molecule has 15 nitrogen and oxygen atoms in total. The minimum absolute atomic E-state index is 0.0454. The highest BCUT2D eigenvalue weighted by Crippen LogP contribution is 2.29. The molecule has 5 heterocycles. The maximum absolute atomic E-state index is 14.6. The number of carbonyl (C=O) groups is 7. The molecule has 4 N–H and O–H groups in total. The minimum atomic E-state index is -1.11. The molecule has 15 heteroatoms. The molecule has 7 rings (SSSR count). The SMILES string of the molecule is CC[C@H](C)[C@@H]1NC(=O)[C@@H]2CCCN2C(=O)[C@H](Cc2ccc(O)cc2)NC(=O)[C@@H]2CCCN2C(=O)[C@@H]2CCCN2C(=O)[C@H](Cc2ccccc2)NC(=O)[C@@H]2CCCN2C1=O. The number of nitrogens with one attached hydrogen (secondary N) is 3. The van der Waals surface area contributed by atoms with E-state index < -0.39 is 77.7 Å². The lowest BCUT2D eigenvalue weighted by Gasteiger charge is -2.34. The van der Waals surface area contributed by atoms with Crippen molar-refractivity contribution < 1.29 is 38.7 Å². The van der Waals surface area contributed by atoms with E-state index >= 15 is 0 Å². The molecule has 2 aromatic rings. The second kappa shape index (κ2) is 18.2. The van der Waals surface area contributed by atoms with Crippen LogP contribution in [0.3, 0.4) is 0 Å². The zero-order chi connectivity index (χ0) is 41.8. The van der Waals surface area contributed by atoms with Gasteiger partial charge in [-0.15, -0.1) is 0 Å². The zero-order valence-corrected chi connectivity index (χ0v) is 34.0. The Hall–Kier alpha value is -5.47. The summed E-state index contributed by atoms with van der Waals surface area (Å²) in [6.07, 6.45) is 4.47. The fourth-order valence-electron chi connectivity index (χ4n) is 9.55. The number of fused-ring (bicyclic) bond motifs is 4. The van der Waals surface area contributed by atoms with Crippen LogP contribution < -0.4 is 16.0 Å². The van der Waals surface area contributed by atoms with Crippen LogP contribution in [0.15, 0.2) is 54.6 Å². The van der Waals surface area contributed by atoms with Crippen molar-refractivity contribution in [3.63, 3.8) is 0 Å². The molecule has 59 heavy (non-hydrogen) atoms. The van der Waals surface area contributed by atoms with Gasteiger partial charge in [0.1, 0.15) is 48.0 Å². The molecule has 2 aromatic carbocycles. The highest BCUT2D eigenvalue weighted by Gasteiger charge is 2.47. The standard InChI is InChI=1S/C44H57N7O8/c1-3-27(2)37-44(59)50-23-9-14-34(50)39(54)45-31(25-28-11-5-4-6-12-28)42(57)51-24-10-16-36(51)43(58)49-22-8-13-33(49)38(53)46-32(26-29-17-19-30(52)20-18-29)41(56)48-21-7-15-35(48)40(55)47-37/h4-6,11-12,17-20,27,31-37,52H,3,7-10,13-16,21-26H2,1-2H3,(H,45,54)(H,46,53)(H,47,55)/t27-,31-,32-,33-,34-,35-,36-,37-/m0/s1. The zero-order valence-electron chi connectivity index (χ0n) is 34.0. The highest BCUT2D eigenvalue weighted by atomic mass is 16.3. The molecule has 0 aliphatic carbocycles. The normalized spacial score (nSPS) is 29.3. The number of hydrogen-bond acceptors (Lipinski definition) is 8. The van der Waals surface area contributed by atoms with Gasteiger partial charge >= 0.3 is 0 Å². The van der Waals surface area contributed by atoms with Gasteiger partial charge in [0.05, 0.1) is 0 Å². The minimum Gasteiger partial charge on any atom is -0.508 e. The number of nitrogens with zero attached hydrogens (tertiary/aromatic N) is 4. The lowest BCUT2D eigenvalue weighted by molar-refractivity contribution is -0.148. The number of phenols is 1. The molecule has 5 saturated heterocycles. The summed E-state index contributed by atoms with van der Waals surface area (Å²) in [6, 6.07) is 8.99. The molecule has 0 unspecified atom stereocenters. The van der Waals surface area contributed by atoms with Crippen LogP contribution in [0, 0.1) is 5.92 Å². The van der Waals surface area contributed by atoms with Crippen molar-refractivity contribution in [1.82, 2.24) is 35.6 Å². The van der Waals surface area contributed by atoms with Crippen molar-refractivity contribution >= 4 is 41.4 Å². The predicted octanol–water partition coefficient (Wildman–Crippen LogP) is 1.66. The van der Waals surface area contributed by atoms with E-state index in [1.165, 1.54) is 31.7 Å². The van der Waals surface area contributed by atoms with Gasteiger partial charge in [-0.3, -0.25) is 33.6 Å². The molecule has 0 bridgehead atoms. The van der Waals surface area contributed by atoms with Gasteiger partial charge in [-0.2, -0.15) is 0 Å². The largest absolute Gasteiger partial charge is 0.508 e. The summed E-state index contributed by atoms with van der Waals surface area (Å²) in [4.78, 5) is 107. The van der Waals surface area contributed by atoms with Crippen LogP contribution in [0.2, 0.25) is 0 Å². The summed E-state index contributed by atoms with van der Waals surface area (Å²) in [5, 5.41) is 18.9. The Morgan fingerprint density at radius 3 is 1.44 bits per heavy atom. The number of rotatable bonds is 6. The van der Waals surface area contributed by atoms with Crippen LogP contribution >= 0.6 is 0 Å². The average molecular weight is 812 g/mol. The number of hydrogen-bond donors (Lipinski definition) is 4. The van der Waals surface area contributed by atoms with E-state index in [0.29, 0.717) is 83.0 Å². The average Bonchev–Trinajstić information content (AvgIpc) is 4.09. The Morgan fingerprint density at radius 2 is 0.949 bits per heavy atom. The second-order valence-corrected chi connectivity index (χ2v) is 16.8. The third-order valence-corrected chi connectivity index (χ3v) is 13.0. The van der Waals surface area contributed by atoms with E-state index in [4.69, 9.17) is 0 Å². The van der Waals surface area contributed by atoms with E-state index in [0.717, 1.165) is 5.56 Å². The Kier molecular flexibility index (Phi) is 12.9. The molecule has 5 fully saturated rings. The van der Waals surface area contributed by atoms with Crippen molar-refractivity contribution in [2.45, 2.75) is 127 Å². The van der Waals surface area contributed by atoms with E-state index in [-0.39, 0.29) is 37.0 Å². The van der Waals surface area contributed by atoms with Crippen LogP contribution in [0.4, 0.5) is 0 Å². The number of aromatic hydroxyl groups is 1. The number of phenolic OH excluding ortho intramolecular Hbond substituents is 1. The Labute approximate surface area is 345 Å². The predicted molar refractivity (Wildman–Crippen MR) is 216 cm³/mol. The van der Waals surface area contributed by atoms with Crippen LogP contribution in [0.1, 0.15) is 82.8 Å². The van der Waals surface area contributed by atoms with Crippen molar-refractivity contribution in [3.05, 3.63) is 65.7 Å². The lowest BCUT2D eigenvalue weighted by Crippen LogP contribution is -2.60. The molecule has 0 aromatic heterocycles. The molecule has 5 aliphatic rings. The van der Waals surface area contributed by atoms with E-state index in [1.807, 2.05) is 44.2 Å². The molecule has 0 saturated carbocycles. The van der Waals surface area contributed by atoms with Crippen LogP contribution in [0.25, 0.3) is 0 Å². The summed E-state index contributed by atoms with van der Waals surface area (Å²) in [5.41, 5.74) is 1.48. The van der Waals surface area contributed by atoms with Crippen molar-refractivity contribution in [1.29, 1.82) is 0 Å². The lowest BCUT2D eigenvalue weighted by atomic mass is 9.96. The molecule has 8 atom stereocenters. The van der Waals surface area contributed by atoms with Crippen molar-refractivity contribution in [2.75, 3.05) is 26.2 Å². The number of carbonyl (C=O) groups excluding carboxylic acids is 7. The van der Waals surface area contributed by atoms with Crippen LogP contribution in [-0.4, -0.2) is 135 Å². The van der Waals surface area contributed by atoms with Crippen molar-refractivity contribution in [2.24, 2.45) is 5.92 Å². The first-order valence-corrected chi connectivity index (χ1v) is 21.4. The van der Waals surface area contributed by atoms with E-state index in [9.17, 15) is 38.7 Å². The molecule has 7 amide bonds. The number of benzene rings is 2. The monoisotopic (exact) mass is 811 g/mol. The fourth-order valence-corrected chi connectivity index (χ4v) is 9.55. The summed E-state index contributed by atoms with van der Waals surface area (Å²) >= 11 is 0. The molecule has 5 aliphatic heterocycles. The van der Waals surface area contributed by atoms with Gasteiger partial charge in [-0.05, 0) is 80.5 Å². The maximum Gasteiger partial charge on any atom is 0.246 e. The first-order valence-electron chi connectivity index (χ1n) is 21.4. The van der Waals surface area contributed by atoms with Gasteiger partial charge in [-0.25, -0.2) is 0 Å². The molecular weight excluding hydrogens is 755 g/mol. The van der Waals surface area contributed by atoms with Gasteiger partial charge in [-0.1, -0.05) is 62.7 Å². The smallest absolute Gasteiger partial charge is 0.246 e. The van der Waals surface area contributed by atoms with Crippen LogP contribution in [-0.2, 0) is 46.4 Å². The molecule has 0 spiro atoms. The molecule has 316 valence electrons. The maximum atomic E-state index is 14.6. The molecular formula is C44H57N7O8. The number of amides is 7. The quantitative estimate of drug-likeness (QED) is 0.339. The summed E-state index contributed by atoms with van der Waals surface area (Å²) in [5.74, 6) is -3.37. The van der Waals surface area contributed by atoms with E-state index in [1.54, 1.807) is 12.1 Å². The summed E-state index contributed by atoms with van der Waals surface area (Å²) in [7, 11) is 0. The summed E-state index contributed by atoms with van der Waals surface area (Å²) in [6.45, 7) is 4.94. The molecule has 0 radical (unpaired) electrons. The first-order chi connectivity index (χ1) is 28.4. The second-order valence-electron chi connectivity index (χ2n) is 16.8. The van der Waals surface area contributed by atoms with Gasteiger partial charge < -0.3 is 40.7 Å². The van der Waals surface area contributed by atoms with Gasteiger partial charge in [0, 0.05) is 39.0 Å². The van der Waals surface area contributed by atoms with Crippen molar-refractivity contribution in [3.8, 4) is 5.75 Å².